The highest BCUT2D eigenvalue weighted by molar-refractivity contribution is 5.88. The number of para-hydroxylation sites is 1. The number of esters is 1. The first-order valence-corrected chi connectivity index (χ1v) is 8.43. The number of ether oxygens (including phenoxy) is 1. The van der Waals surface area contributed by atoms with Crippen LogP contribution in [0.25, 0.3) is 16.7 Å². The molecule has 0 radical (unpaired) electrons. The lowest BCUT2D eigenvalue weighted by Gasteiger charge is -2.06. The van der Waals surface area contributed by atoms with Crippen LogP contribution >= 0.6 is 0 Å². The highest BCUT2D eigenvalue weighted by Gasteiger charge is 2.19. The molecule has 0 unspecified atom stereocenters. The Labute approximate surface area is 158 Å². The van der Waals surface area contributed by atoms with Crippen molar-refractivity contribution in [3.8, 4) is 11.4 Å². The lowest BCUT2D eigenvalue weighted by Crippen LogP contribution is -2.10. The van der Waals surface area contributed by atoms with Gasteiger partial charge in [-0.3, -0.25) is 0 Å². The van der Waals surface area contributed by atoms with E-state index in [2.05, 4.69) is 10.2 Å². The van der Waals surface area contributed by atoms with Crippen LogP contribution in [0.3, 0.4) is 0 Å². The summed E-state index contributed by atoms with van der Waals surface area (Å²) < 4.78 is 10.4. The third kappa shape index (κ3) is 3.35. The summed E-state index contributed by atoms with van der Waals surface area (Å²) in [5, 5.41) is 18.5. The highest BCUT2D eigenvalue weighted by Crippen LogP contribution is 2.22. The SMILES string of the molecule is Cc1nn(-c2ccccc2)nc1C(=O)OCc1cc(=O)oc2cc(O)ccc12. The van der Waals surface area contributed by atoms with Crippen LogP contribution in [-0.2, 0) is 11.3 Å². The molecular formula is C20H15N3O5. The van der Waals surface area contributed by atoms with Gasteiger partial charge in [-0.1, -0.05) is 18.2 Å². The van der Waals surface area contributed by atoms with Crippen LogP contribution in [0.1, 0.15) is 21.7 Å². The van der Waals surface area contributed by atoms with Crippen LogP contribution in [0.15, 0.2) is 63.8 Å². The number of nitrogens with zero attached hydrogens (tertiary/aromatic N) is 3. The number of carbonyl (C=O) groups excluding carboxylic acids is 1. The van der Waals surface area contributed by atoms with Crippen molar-refractivity contribution in [3.05, 3.63) is 82.0 Å². The van der Waals surface area contributed by atoms with Crippen molar-refractivity contribution >= 4 is 16.9 Å². The Morgan fingerprint density at radius 2 is 1.93 bits per heavy atom. The first-order chi connectivity index (χ1) is 13.5. The largest absolute Gasteiger partial charge is 0.508 e. The Kier molecular flexibility index (Phi) is 4.36. The summed E-state index contributed by atoms with van der Waals surface area (Å²) in [6.07, 6.45) is 0. The Bertz CT molecular complexity index is 1230. The van der Waals surface area contributed by atoms with Crippen molar-refractivity contribution in [2.45, 2.75) is 13.5 Å². The van der Waals surface area contributed by atoms with E-state index < -0.39 is 11.6 Å². The number of phenols is 1. The molecule has 0 saturated carbocycles. The molecule has 4 rings (SSSR count). The number of rotatable bonds is 4. The number of phenolic OH excluding ortho intramolecular Hbond substituents is 1. The summed E-state index contributed by atoms with van der Waals surface area (Å²) >= 11 is 0. The Balaban J connectivity index is 1.58. The molecule has 8 nitrogen and oxygen atoms in total. The molecule has 4 aromatic rings. The van der Waals surface area contributed by atoms with Crippen molar-refractivity contribution in [3.63, 3.8) is 0 Å². The molecule has 0 atom stereocenters. The number of hydrogen-bond donors (Lipinski definition) is 1. The molecule has 0 aliphatic carbocycles. The molecule has 0 amide bonds. The molecule has 0 saturated heterocycles. The smallest absolute Gasteiger partial charge is 0.361 e. The zero-order valence-electron chi connectivity index (χ0n) is 14.8. The number of aromatic hydroxyl groups is 1. The maximum absolute atomic E-state index is 12.5. The van der Waals surface area contributed by atoms with Crippen LogP contribution in [0.2, 0.25) is 0 Å². The minimum absolute atomic E-state index is 0.0297. The molecule has 1 N–H and O–H groups in total. The van der Waals surface area contributed by atoms with E-state index in [4.69, 9.17) is 9.15 Å². The maximum atomic E-state index is 12.5. The molecule has 0 bridgehead atoms. The van der Waals surface area contributed by atoms with E-state index in [1.165, 1.54) is 23.0 Å². The average molecular weight is 377 g/mol. The molecule has 2 heterocycles. The van der Waals surface area contributed by atoms with Crippen molar-refractivity contribution in [2.75, 3.05) is 0 Å². The fourth-order valence-electron chi connectivity index (χ4n) is 2.79. The summed E-state index contributed by atoms with van der Waals surface area (Å²) in [6, 6.07) is 14.8. The Hall–Kier alpha value is -3.94. The van der Waals surface area contributed by atoms with Gasteiger partial charge < -0.3 is 14.3 Å². The Morgan fingerprint density at radius 3 is 2.71 bits per heavy atom. The van der Waals surface area contributed by atoms with Gasteiger partial charge in [-0.2, -0.15) is 9.90 Å². The molecule has 2 aromatic carbocycles. The third-order valence-corrected chi connectivity index (χ3v) is 4.14. The fraction of sp³-hybridized carbons (Fsp3) is 0.100. The van der Waals surface area contributed by atoms with Gasteiger partial charge in [0.1, 0.15) is 17.9 Å². The van der Waals surface area contributed by atoms with E-state index >= 15 is 0 Å². The number of fused-ring (bicyclic) bond motifs is 1. The highest BCUT2D eigenvalue weighted by atomic mass is 16.5. The number of aryl methyl sites for hydroxylation is 1. The van der Waals surface area contributed by atoms with Gasteiger partial charge in [0.05, 0.1) is 11.4 Å². The molecule has 0 fully saturated rings. The second-order valence-corrected chi connectivity index (χ2v) is 6.11. The molecule has 0 aliphatic rings. The van der Waals surface area contributed by atoms with E-state index in [-0.39, 0.29) is 23.6 Å². The molecule has 0 spiro atoms. The number of carbonyl (C=O) groups is 1. The first kappa shape index (κ1) is 17.5. The van der Waals surface area contributed by atoms with Crippen molar-refractivity contribution < 1.29 is 19.1 Å². The van der Waals surface area contributed by atoms with E-state index in [9.17, 15) is 14.7 Å². The van der Waals surface area contributed by atoms with Crippen LogP contribution in [-0.4, -0.2) is 26.1 Å². The lowest BCUT2D eigenvalue weighted by atomic mass is 10.1. The predicted molar refractivity (Wildman–Crippen MR) is 99.4 cm³/mol. The first-order valence-electron chi connectivity index (χ1n) is 8.43. The summed E-state index contributed by atoms with van der Waals surface area (Å²) in [5.74, 6) is -0.683. The number of aromatic nitrogens is 3. The summed E-state index contributed by atoms with van der Waals surface area (Å²) in [4.78, 5) is 25.6. The third-order valence-electron chi connectivity index (χ3n) is 4.14. The fourth-order valence-corrected chi connectivity index (χ4v) is 2.79. The van der Waals surface area contributed by atoms with Crippen LogP contribution in [0, 0.1) is 6.92 Å². The van der Waals surface area contributed by atoms with Gasteiger partial charge in [0.25, 0.3) is 0 Å². The summed E-state index contributed by atoms with van der Waals surface area (Å²) in [5.41, 5.74) is 1.31. The quantitative estimate of drug-likeness (QED) is 0.430. The van der Waals surface area contributed by atoms with E-state index in [1.807, 2.05) is 30.3 Å². The summed E-state index contributed by atoms with van der Waals surface area (Å²) in [7, 11) is 0. The van der Waals surface area contributed by atoms with Crippen molar-refractivity contribution in [1.29, 1.82) is 0 Å². The topological polar surface area (TPSA) is 107 Å². The van der Waals surface area contributed by atoms with Crippen LogP contribution < -0.4 is 5.63 Å². The van der Waals surface area contributed by atoms with Gasteiger partial charge >= 0.3 is 11.6 Å². The average Bonchev–Trinajstić information content (AvgIpc) is 3.08. The molecule has 28 heavy (non-hydrogen) atoms. The second-order valence-electron chi connectivity index (χ2n) is 6.11. The van der Waals surface area contributed by atoms with Gasteiger partial charge in [0.2, 0.25) is 0 Å². The monoisotopic (exact) mass is 377 g/mol. The summed E-state index contributed by atoms with van der Waals surface area (Å²) in [6.45, 7) is 1.52. The van der Waals surface area contributed by atoms with Gasteiger partial charge in [-0.25, -0.2) is 9.59 Å². The maximum Gasteiger partial charge on any atom is 0.361 e. The van der Waals surface area contributed by atoms with Gasteiger partial charge in [0.15, 0.2) is 5.69 Å². The minimum atomic E-state index is -0.653. The van der Waals surface area contributed by atoms with Crippen molar-refractivity contribution in [2.24, 2.45) is 0 Å². The molecule has 2 aromatic heterocycles. The van der Waals surface area contributed by atoms with Gasteiger partial charge in [-0.15, -0.1) is 5.10 Å². The molecule has 0 aliphatic heterocycles. The van der Waals surface area contributed by atoms with E-state index in [0.717, 1.165) is 5.69 Å². The molecule has 140 valence electrons. The predicted octanol–water partition coefficient (Wildman–Crippen LogP) is 2.74. The number of hydrogen-bond acceptors (Lipinski definition) is 7. The van der Waals surface area contributed by atoms with E-state index in [1.54, 1.807) is 13.0 Å². The zero-order valence-corrected chi connectivity index (χ0v) is 14.8. The second kappa shape index (κ2) is 6.99. The zero-order chi connectivity index (χ0) is 19.7. The standard InChI is InChI=1S/C20H15N3O5/c1-12-19(22-23(21-12)14-5-3-2-4-6-14)20(26)27-11-13-9-18(25)28-17-10-15(24)7-8-16(13)17/h2-10,24H,11H2,1H3. The van der Waals surface area contributed by atoms with Crippen LogP contribution in [0.4, 0.5) is 0 Å². The van der Waals surface area contributed by atoms with Gasteiger partial charge in [0, 0.05) is 23.1 Å². The lowest BCUT2D eigenvalue weighted by molar-refractivity contribution is 0.0465. The van der Waals surface area contributed by atoms with Crippen LogP contribution in [0.5, 0.6) is 5.75 Å². The molecular weight excluding hydrogens is 362 g/mol. The van der Waals surface area contributed by atoms with E-state index in [0.29, 0.717) is 16.6 Å². The van der Waals surface area contributed by atoms with Gasteiger partial charge in [-0.05, 0) is 31.2 Å². The Morgan fingerprint density at radius 1 is 1.14 bits per heavy atom. The van der Waals surface area contributed by atoms with Crippen molar-refractivity contribution in [1.82, 2.24) is 15.0 Å². The number of benzene rings is 2. The molecule has 8 heteroatoms. The minimum Gasteiger partial charge on any atom is -0.508 e. The normalized spacial score (nSPS) is 10.9.